The average molecular weight is 548 g/mol. The number of aryl methyl sites for hydroxylation is 2. The molecule has 1 saturated carbocycles. The quantitative estimate of drug-likeness (QED) is 0.220. The summed E-state index contributed by atoms with van der Waals surface area (Å²) in [4.78, 5) is 44.4. The molecule has 192 valence electrons. The molecule has 2 heterocycles. The topological polar surface area (TPSA) is 90.3 Å². The van der Waals surface area contributed by atoms with E-state index in [0.717, 1.165) is 42.6 Å². The van der Waals surface area contributed by atoms with Gasteiger partial charge >= 0.3 is 5.97 Å². The van der Waals surface area contributed by atoms with E-state index in [2.05, 4.69) is 5.32 Å². The first-order valence-electron chi connectivity index (χ1n) is 12.2. The lowest BCUT2D eigenvalue weighted by atomic mass is 9.95. The second kappa shape index (κ2) is 12.3. The molecule has 0 aliphatic heterocycles. The predicted octanol–water partition coefficient (Wildman–Crippen LogP) is 5.38. The van der Waals surface area contributed by atoms with Crippen molar-refractivity contribution in [2.75, 3.05) is 12.4 Å². The van der Waals surface area contributed by atoms with Gasteiger partial charge in [0, 0.05) is 17.6 Å². The van der Waals surface area contributed by atoms with E-state index >= 15 is 0 Å². The van der Waals surface area contributed by atoms with Crippen molar-refractivity contribution in [2.24, 2.45) is 0 Å². The van der Waals surface area contributed by atoms with Crippen LogP contribution in [0.2, 0.25) is 5.02 Å². The summed E-state index contributed by atoms with van der Waals surface area (Å²) in [7, 11) is 0. The molecule has 2 aromatic heterocycles. The summed E-state index contributed by atoms with van der Waals surface area (Å²) in [5.41, 5.74) is 1.40. The molecule has 1 aliphatic rings. The van der Waals surface area contributed by atoms with Crippen LogP contribution in [0.5, 0.6) is 0 Å². The van der Waals surface area contributed by atoms with Gasteiger partial charge in [0.15, 0.2) is 5.16 Å². The summed E-state index contributed by atoms with van der Waals surface area (Å²) >= 11 is 8.42. The average Bonchev–Trinajstić information content (AvgIpc) is 3.20. The molecule has 0 saturated heterocycles. The highest BCUT2D eigenvalue weighted by atomic mass is 35.5. The Balaban J connectivity index is 1.62. The third kappa shape index (κ3) is 6.30. The molecule has 1 aromatic carbocycles. The van der Waals surface area contributed by atoms with Gasteiger partial charge in [-0.05, 0) is 56.4 Å². The van der Waals surface area contributed by atoms with E-state index in [1.165, 1.54) is 18.2 Å². The number of carbonyl (C=O) groups excluding carboxylic acids is 2. The molecular formula is C26H30ClN3O4S2. The molecular weight excluding hydrogens is 518 g/mol. The summed E-state index contributed by atoms with van der Waals surface area (Å²) < 4.78 is 6.79. The fourth-order valence-electron chi connectivity index (χ4n) is 4.43. The van der Waals surface area contributed by atoms with Crippen LogP contribution in [0.3, 0.4) is 0 Å². The standard InChI is InChI=1S/C26H30ClN3O4S2/c1-3-34-25(33)22-16(2)21-23(36-22)29-26(35-15-20(31)28-19-7-5-4-6-8-19)30(24(21)32)14-13-17-9-11-18(27)12-10-17/h9-12,19H,3-8,13-15H2,1-2H3,(H,28,31). The van der Waals surface area contributed by atoms with Crippen LogP contribution in [-0.4, -0.2) is 39.8 Å². The number of thiophene rings is 1. The molecule has 0 spiro atoms. The number of carbonyl (C=O) groups is 2. The Labute approximate surface area is 223 Å². The van der Waals surface area contributed by atoms with E-state index in [-0.39, 0.29) is 29.9 Å². The molecule has 0 radical (unpaired) electrons. The second-order valence-corrected chi connectivity index (χ2v) is 11.3. The normalized spacial score (nSPS) is 14.2. The molecule has 1 fully saturated rings. The zero-order chi connectivity index (χ0) is 25.7. The largest absolute Gasteiger partial charge is 0.462 e. The van der Waals surface area contributed by atoms with Crippen LogP contribution in [-0.2, 0) is 22.5 Å². The molecule has 0 atom stereocenters. The Morgan fingerprint density at radius 1 is 1.22 bits per heavy atom. The van der Waals surface area contributed by atoms with E-state index in [9.17, 15) is 14.4 Å². The van der Waals surface area contributed by atoms with Crippen molar-refractivity contribution >= 4 is 56.8 Å². The zero-order valence-electron chi connectivity index (χ0n) is 20.5. The van der Waals surface area contributed by atoms with Crippen LogP contribution in [0.15, 0.2) is 34.2 Å². The van der Waals surface area contributed by atoms with Gasteiger partial charge in [0.25, 0.3) is 5.56 Å². The van der Waals surface area contributed by atoms with Crippen molar-refractivity contribution in [3.05, 3.63) is 55.6 Å². The number of hydrogen-bond acceptors (Lipinski definition) is 7. The van der Waals surface area contributed by atoms with Crippen LogP contribution in [0.4, 0.5) is 0 Å². The highest BCUT2D eigenvalue weighted by Crippen LogP contribution is 2.30. The summed E-state index contributed by atoms with van der Waals surface area (Å²) in [6, 6.07) is 7.72. The maximum Gasteiger partial charge on any atom is 0.348 e. The van der Waals surface area contributed by atoms with Gasteiger partial charge in [-0.1, -0.05) is 54.8 Å². The first-order valence-corrected chi connectivity index (χ1v) is 14.4. The number of rotatable bonds is 9. The number of aromatic nitrogens is 2. The zero-order valence-corrected chi connectivity index (χ0v) is 22.9. The molecule has 10 heteroatoms. The summed E-state index contributed by atoms with van der Waals surface area (Å²) in [5, 5.41) is 4.67. The van der Waals surface area contributed by atoms with Crippen molar-refractivity contribution in [1.29, 1.82) is 0 Å². The number of fused-ring (bicyclic) bond motifs is 1. The number of thioether (sulfide) groups is 1. The highest BCUT2D eigenvalue weighted by Gasteiger charge is 2.23. The molecule has 0 unspecified atom stereocenters. The molecule has 3 aromatic rings. The smallest absolute Gasteiger partial charge is 0.348 e. The first kappa shape index (κ1) is 26.7. The van der Waals surface area contributed by atoms with E-state index in [0.29, 0.717) is 43.8 Å². The minimum Gasteiger partial charge on any atom is -0.462 e. The molecule has 7 nitrogen and oxygen atoms in total. The number of ether oxygens (including phenoxy) is 1. The molecule has 4 rings (SSSR count). The second-order valence-electron chi connectivity index (χ2n) is 8.88. The van der Waals surface area contributed by atoms with Crippen LogP contribution < -0.4 is 10.9 Å². The van der Waals surface area contributed by atoms with Gasteiger partial charge in [-0.3, -0.25) is 14.2 Å². The molecule has 1 N–H and O–H groups in total. The van der Waals surface area contributed by atoms with E-state index < -0.39 is 5.97 Å². The third-order valence-corrected chi connectivity index (χ3v) is 8.71. The maximum absolute atomic E-state index is 13.6. The monoisotopic (exact) mass is 547 g/mol. The number of nitrogens with zero attached hydrogens (tertiary/aromatic N) is 2. The van der Waals surface area contributed by atoms with Gasteiger partial charge in [0.2, 0.25) is 5.91 Å². The van der Waals surface area contributed by atoms with E-state index in [4.69, 9.17) is 21.3 Å². The minimum absolute atomic E-state index is 0.0555. The lowest BCUT2D eigenvalue weighted by Crippen LogP contribution is -2.37. The number of halogens is 1. The van der Waals surface area contributed by atoms with Gasteiger partial charge in [-0.25, -0.2) is 9.78 Å². The number of hydrogen-bond donors (Lipinski definition) is 1. The number of benzene rings is 1. The van der Waals surface area contributed by atoms with Crippen LogP contribution in [0.1, 0.15) is 59.8 Å². The third-order valence-electron chi connectivity index (χ3n) is 6.32. The van der Waals surface area contributed by atoms with Crippen LogP contribution in [0, 0.1) is 6.92 Å². The predicted molar refractivity (Wildman–Crippen MR) is 145 cm³/mol. The SMILES string of the molecule is CCOC(=O)c1sc2nc(SCC(=O)NC3CCCCC3)n(CCc3ccc(Cl)cc3)c(=O)c2c1C. The van der Waals surface area contributed by atoms with Crippen LogP contribution >= 0.6 is 34.7 Å². The summed E-state index contributed by atoms with van der Waals surface area (Å²) in [5.74, 6) is -0.337. The lowest BCUT2D eigenvalue weighted by molar-refractivity contribution is -0.119. The number of esters is 1. The van der Waals surface area contributed by atoms with Crippen LogP contribution in [0.25, 0.3) is 10.2 Å². The first-order chi connectivity index (χ1) is 17.4. The van der Waals surface area contributed by atoms with Gasteiger partial charge in [-0.15, -0.1) is 11.3 Å². The lowest BCUT2D eigenvalue weighted by Gasteiger charge is -2.22. The number of nitrogens with one attached hydrogen (secondary N) is 1. The Bertz CT molecular complexity index is 1300. The van der Waals surface area contributed by atoms with Gasteiger partial charge in [-0.2, -0.15) is 0 Å². The number of amides is 1. The summed E-state index contributed by atoms with van der Waals surface area (Å²) in [6.45, 7) is 4.14. The Morgan fingerprint density at radius 3 is 2.64 bits per heavy atom. The Hall–Kier alpha value is -2.36. The van der Waals surface area contributed by atoms with Crippen molar-refractivity contribution in [1.82, 2.24) is 14.9 Å². The molecule has 1 amide bonds. The Kier molecular flexibility index (Phi) is 9.09. The molecule has 36 heavy (non-hydrogen) atoms. The Morgan fingerprint density at radius 2 is 1.94 bits per heavy atom. The van der Waals surface area contributed by atoms with Crippen molar-refractivity contribution in [3.8, 4) is 0 Å². The molecule has 0 bridgehead atoms. The summed E-state index contributed by atoms with van der Waals surface area (Å²) in [6.07, 6.45) is 6.12. The minimum atomic E-state index is -0.453. The fraction of sp³-hybridized carbons (Fsp3) is 0.462. The highest BCUT2D eigenvalue weighted by molar-refractivity contribution is 7.99. The van der Waals surface area contributed by atoms with Crippen molar-refractivity contribution < 1.29 is 14.3 Å². The van der Waals surface area contributed by atoms with Crippen molar-refractivity contribution in [2.45, 2.75) is 70.1 Å². The fourth-order valence-corrected chi connectivity index (χ4v) is 6.51. The van der Waals surface area contributed by atoms with E-state index in [1.807, 2.05) is 24.3 Å². The van der Waals surface area contributed by atoms with Gasteiger partial charge in [0.1, 0.15) is 9.71 Å². The molecule has 1 aliphatic carbocycles. The maximum atomic E-state index is 13.6. The van der Waals surface area contributed by atoms with Crippen molar-refractivity contribution in [3.63, 3.8) is 0 Å². The van der Waals surface area contributed by atoms with Gasteiger partial charge in [0.05, 0.1) is 17.7 Å². The van der Waals surface area contributed by atoms with E-state index in [1.54, 1.807) is 18.4 Å². The van der Waals surface area contributed by atoms with Gasteiger partial charge < -0.3 is 10.1 Å².